The Morgan fingerprint density at radius 1 is 1.25 bits per heavy atom. The van der Waals surface area contributed by atoms with Crippen LogP contribution in [-0.2, 0) is 4.74 Å². The van der Waals surface area contributed by atoms with Crippen LogP contribution >= 0.6 is 0 Å². The van der Waals surface area contributed by atoms with Gasteiger partial charge < -0.3 is 10.1 Å². The van der Waals surface area contributed by atoms with Crippen molar-refractivity contribution in [1.29, 1.82) is 0 Å². The summed E-state index contributed by atoms with van der Waals surface area (Å²) < 4.78 is 5.40. The molecule has 0 aliphatic carbocycles. The Hall–Kier alpha value is -0.0800. The van der Waals surface area contributed by atoms with Gasteiger partial charge in [0.2, 0.25) is 0 Å². The molecule has 1 fully saturated rings. The lowest BCUT2D eigenvalue weighted by molar-refractivity contribution is 0.0622. The van der Waals surface area contributed by atoms with Crippen LogP contribution in [0.15, 0.2) is 0 Å². The van der Waals surface area contributed by atoms with Crippen molar-refractivity contribution in [2.24, 2.45) is 11.8 Å². The Morgan fingerprint density at radius 2 is 1.94 bits per heavy atom. The first-order chi connectivity index (χ1) is 7.72. The molecule has 2 nitrogen and oxygen atoms in total. The molecule has 0 aromatic heterocycles. The summed E-state index contributed by atoms with van der Waals surface area (Å²) in [6.45, 7) is 9.92. The van der Waals surface area contributed by atoms with E-state index in [4.69, 9.17) is 4.74 Å². The van der Waals surface area contributed by atoms with Gasteiger partial charge in [-0.05, 0) is 50.5 Å². The Morgan fingerprint density at radius 3 is 2.50 bits per heavy atom. The monoisotopic (exact) mass is 227 g/mol. The van der Waals surface area contributed by atoms with Gasteiger partial charge in [0.05, 0.1) is 0 Å². The first-order valence-corrected chi connectivity index (χ1v) is 7.03. The van der Waals surface area contributed by atoms with Crippen LogP contribution in [0.2, 0.25) is 0 Å². The molecule has 1 rings (SSSR count). The van der Waals surface area contributed by atoms with E-state index in [1.165, 1.54) is 32.1 Å². The van der Waals surface area contributed by atoms with Crippen LogP contribution in [0.25, 0.3) is 0 Å². The van der Waals surface area contributed by atoms with Crippen molar-refractivity contribution in [2.45, 2.75) is 58.9 Å². The molecule has 0 saturated carbocycles. The van der Waals surface area contributed by atoms with Gasteiger partial charge in [0.25, 0.3) is 0 Å². The Bertz CT molecular complexity index is 164. The average Bonchev–Trinajstić information content (AvgIpc) is 2.27. The Kier molecular flexibility index (Phi) is 7.06. The molecule has 16 heavy (non-hydrogen) atoms. The van der Waals surface area contributed by atoms with Gasteiger partial charge in [0.1, 0.15) is 0 Å². The molecular weight excluding hydrogens is 198 g/mol. The molecule has 0 bridgehead atoms. The molecule has 0 spiro atoms. The fraction of sp³-hybridized carbons (Fsp3) is 1.00. The minimum absolute atomic E-state index is 0.729. The maximum absolute atomic E-state index is 5.40. The van der Waals surface area contributed by atoms with Gasteiger partial charge in [0, 0.05) is 19.3 Å². The first kappa shape index (κ1) is 14.0. The minimum atomic E-state index is 0.729. The van der Waals surface area contributed by atoms with Crippen molar-refractivity contribution < 1.29 is 4.74 Å². The predicted molar refractivity (Wildman–Crippen MR) is 69.7 cm³/mol. The second-order valence-corrected chi connectivity index (χ2v) is 5.52. The molecule has 96 valence electrons. The summed E-state index contributed by atoms with van der Waals surface area (Å²) in [6.07, 6.45) is 6.60. The largest absolute Gasteiger partial charge is 0.381 e. The van der Waals surface area contributed by atoms with E-state index >= 15 is 0 Å². The molecule has 1 N–H and O–H groups in total. The lowest BCUT2D eigenvalue weighted by Crippen LogP contribution is -2.31. The zero-order valence-corrected chi connectivity index (χ0v) is 11.3. The summed E-state index contributed by atoms with van der Waals surface area (Å²) in [6, 6.07) is 0.729. The molecule has 1 heterocycles. The SMILES string of the molecule is CCNC(CCC1CCOCC1)CC(C)C. The summed E-state index contributed by atoms with van der Waals surface area (Å²) in [7, 11) is 0. The van der Waals surface area contributed by atoms with Crippen LogP contribution in [0.3, 0.4) is 0 Å². The van der Waals surface area contributed by atoms with Crippen molar-refractivity contribution in [2.75, 3.05) is 19.8 Å². The molecule has 1 saturated heterocycles. The van der Waals surface area contributed by atoms with E-state index in [0.717, 1.165) is 37.6 Å². The van der Waals surface area contributed by atoms with Crippen LogP contribution < -0.4 is 5.32 Å². The predicted octanol–water partition coefficient (Wildman–Crippen LogP) is 3.22. The van der Waals surface area contributed by atoms with Crippen LogP contribution in [-0.4, -0.2) is 25.8 Å². The van der Waals surface area contributed by atoms with Gasteiger partial charge >= 0.3 is 0 Å². The zero-order valence-electron chi connectivity index (χ0n) is 11.3. The second-order valence-electron chi connectivity index (χ2n) is 5.52. The molecule has 0 aromatic carbocycles. The highest BCUT2D eigenvalue weighted by molar-refractivity contribution is 4.72. The van der Waals surface area contributed by atoms with E-state index in [2.05, 4.69) is 26.1 Å². The van der Waals surface area contributed by atoms with Gasteiger partial charge in [-0.15, -0.1) is 0 Å². The molecule has 1 atom stereocenters. The standard InChI is InChI=1S/C14H29NO/c1-4-15-14(11-12(2)3)6-5-13-7-9-16-10-8-13/h12-15H,4-11H2,1-3H3. The van der Waals surface area contributed by atoms with Crippen molar-refractivity contribution in [3.63, 3.8) is 0 Å². The third-order valence-electron chi connectivity index (χ3n) is 3.51. The number of ether oxygens (including phenoxy) is 1. The molecule has 1 aliphatic rings. The number of hydrogen-bond donors (Lipinski definition) is 1. The molecule has 1 unspecified atom stereocenters. The van der Waals surface area contributed by atoms with Gasteiger partial charge in [-0.1, -0.05) is 20.8 Å². The summed E-state index contributed by atoms with van der Waals surface area (Å²) in [5.41, 5.74) is 0. The van der Waals surface area contributed by atoms with E-state index in [1.54, 1.807) is 0 Å². The van der Waals surface area contributed by atoms with Gasteiger partial charge in [0.15, 0.2) is 0 Å². The summed E-state index contributed by atoms with van der Waals surface area (Å²) in [5.74, 6) is 1.72. The summed E-state index contributed by atoms with van der Waals surface area (Å²) in [4.78, 5) is 0. The van der Waals surface area contributed by atoms with E-state index in [9.17, 15) is 0 Å². The minimum Gasteiger partial charge on any atom is -0.381 e. The van der Waals surface area contributed by atoms with Gasteiger partial charge in [-0.2, -0.15) is 0 Å². The van der Waals surface area contributed by atoms with E-state index in [-0.39, 0.29) is 0 Å². The van der Waals surface area contributed by atoms with Crippen molar-refractivity contribution in [3.05, 3.63) is 0 Å². The third kappa shape index (κ3) is 5.86. The van der Waals surface area contributed by atoms with E-state index in [1.807, 2.05) is 0 Å². The van der Waals surface area contributed by atoms with E-state index < -0.39 is 0 Å². The van der Waals surface area contributed by atoms with Gasteiger partial charge in [-0.25, -0.2) is 0 Å². The maximum atomic E-state index is 5.40. The fourth-order valence-electron chi connectivity index (χ4n) is 2.63. The fourth-order valence-corrected chi connectivity index (χ4v) is 2.63. The quantitative estimate of drug-likeness (QED) is 0.721. The molecular formula is C14H29NO. The van der Waals surface area contributed by atoms with Crippen LogP contribution in [0, 0.1) is 11.8 Å². The zero-order chi connectivity index (χ0) is 11.8. The Balaban J connectivity index is 2.19. The van der Waals surface area contributed by atoms with Crippen LogP contribution in [0.5, 0.6) is 0 Å². The lowest BCUT2D eigenvalue weighted by Gasteiger charge is -2.25. The summed E-state index contributed by atoms with van der Waals surface area (Å²) >= 11 is 0. The van der Waals surface area contributed by atoms with Crippen molar-refractivity contribution >= 4 is 0 Å². The maximum Gasteiger partial charge on any atom is 0.0468 e. The number of rotatable bonds is 7. The molecule has 0 amide bonds. The highest BCUT2D eigenvalue weighted by Crippen LogP contribution is 2.22. The van der Waals surface area contributed by atoms with Crippen LogP contribution in [0.4, 0.5) is 0 Å². The van der Waals surface area contributed by atoms with Crippen LogP contribution in [0.1, 0.15) is 52.9 Å². The number of nitrogens with one attached hydrogen (secondary N) is 1. The number of hydrogen-bond acceptors (Lipinski definition) is 2. The topological polar surface area (TPSA) is 21.3 Å². The highest BCUT2D eigenvalue weighted by Gasteiger charge is 2.16. The molecule has 1 aliphatic heterocycles. The van der Waals surface area contributed by atoms with Crippen molar-refractivity contribution in [1.82, 2.24) is 5.32 Å². The summed E-state index contributed by atoms with van der Waals surface area (Å²) in [5, 5.41) is 3.62. The molecule has 0 radical (unpaired) electrons. The smallest absolute Gasteiger partial charge is 0.0468 e. The highest BCUT2D eigenvalue weighted by atomic mass is 16.5. The Labute approximate surface area is 101 Å². The van der Waals surface area contributed by atoms with E-state index in [0.29, 0.717) is 0 Å². The third-order valence-corrected chi connectivity index (χ3v) is 3.51. The normalized spacial score (nSPS) is 20.2. The molecule has 2 heteroatoms. The van der Waals surface area contributed by atoms with Gasteiger partial charge in [-0.3, -0.25) is 0 Å². The average molecular weight is 227 g/mol. The first-order valence-electron chi connectivity index (χ1n) is 7.03. The molecule has 0 aromatic rings. The second kappa shape index (κ2) is 8.08. The lowest BCUT2D eigenvalue weighted by atomic mass is 9.90. The van der Waals surface area contributed by atoms with Crippen molar-refractivity contribution in [3.8, 4) is 0 Å².